The molecule has 0 amide bonds. The van der Waals surface area contributed by atoms with Crippen LogP contribution < -0.4 is 5.32 Å². The van der Waals surface area contributed by atoms with E-state index < -0.39 is 31.0 Å². The van der Waals surface area contributed by atoms with Crippen LogP contribution in [0.4, 0.5) is 0 Å². The van der Waals surface area contributed by atoms with Crippen LogP contribution in [0.2, 0.25) is 0 Å². The van der Waals surface area contributed by atoms with Crippen molar-refractivity contribution in [2.24, 2.45) is 5.92 Å². The topological polar surface area (TPSA) is 96.2 Å². The summed E-state index contributed by atoms with van der Waals surface area (Å²) in [7, 11) is 0. The highest BCUT2D eigenvalue weighted by atomic mass is 16.3. The molecule has 6 nitrogen and oxygen atoms in total. The van der Waals surface area contributed by atoms with Crippen molar-refractivity contribution in [3.8, 4) is 0 Å². The molecule has 0 radical (unpaired) electrons. The summed E-state index contributed by atoms with van der Waals surface area (Å²) >= 11 is 0. The average molecular weight is 336 g/mol. The van der Waals surface area contributed by atoms with Gasteiger partial charge >= 0.3 is 0 Å². The molecular weight excluding hydrogens is 308 g/mol. The minimum absolute atomic E-state index is 0.456. The molecule has 1 fully saturated rings. The Balaban J connectivity index is 1.89. The van der Waals surface area contributed by atoms with Gasteiger partial charge < -0.3 is 20.4 Å². The number of hydrogen-bond donors (Lipinski definition) is 5. The van der Waals surface area contributed by atoms with Crippen molar-refractivity contribution in [2.75, 3.05) is 0 Å². The van der Waals surface area contributed by atoms with Gasteiger partial charge in [-0.25, -0.2) is 4.90 Å². The van der Waals surface area contributed by atoms with E-state index in [0.717, 1.165) is 24.0 Å². The molecule has 6 heteroatoms. The lowest BCUT2D eigenvalue weighted by molar-refractivity contribution is -0.159. The molecule has 5 N–H and O–H groups in total. The van der Waals surface area contributed by atoms with Crippen molar-refractivity contribution in [2.45, 2.75) is 70.5 Å². The fraction of sp³-hybridized carbons (Fsp3) is 0.667. The van der Waals surface area contributed by atoms with E-state index in [4.69, 9.17) is 0 Å². The van der Waals surface area contributed by atoms with Gasteiger partial charge in [-0.2, -0.15) is 0 Å². The van der Waals surface area contributed by atoms with Crippen LogP contribution >= 0.6 is 0 Å². The second-order valence-electron chi connectivity index (χ2n) is 7.10. The molecular formula is C18H28N2O4. The van der Waals surface area contributed by atoms with Crippen LogP contribution in [0.3, 0.4) is 0 Å². The first-order chi connectivity index (χ1) is 11.4. The van der Waals surface area contributed by atoms with E-state index in [9.17, 15) is 20.4 Å². The largest absolute Gasteiger partial charge is 0.379 e. The summed E-state index contributed by atoms with van der Waals surface area (Å²) in [5.41, 5.74) is 2.53. The lowest BCUT2D eigenvalue weighted by atomic mass is 9.93. The summed E-state index contributed by atoms with van der Waals surface area (Å²) in [5, 5.41) is 44.1. The Bertz CT molecular complexity index is 582. The maximum Gasteiger partial charge on any atom is 0.136 e. The number of aliphatic hydroxyl groups is 4. The Kier molecular flexibility index (Phi) is 5.24. The Hall–Kier alpha value is -1.02. The number of rotatable bonds is 4. The first kappa shape index (κ1) is 17.8. The Labute approximate surface area is 142 Å². The van der Waals surface area contributed by atoms with Crippen molar-refractivity contribution >= 4 is 0 Å². The van der Waals surface area contributed by atoms with Crippen LogP contribution in [0.1, 0.15) is 62.3 Å². The second-order valence-corrected chi connectivity index (χ2v) is 7.10. The van der Waals surface area contributed by atoms with Gasteiger partial charge in [0.2, 0.25) is 0 Å². The summed E-state index contributed by atoms with van der Waals surface area (Å²) in [5.74, 6) is 0.493. The highest BCUT2D eigenvalue weighted by molar-refractivity contribution is 5.42. The van der Waals surface area contributed by atoms with Gasteiger partial charge in [-0.15, -0.1) is 0 Å². The van der Waals surface area contributed by atoms with Crippen molar-refractivity contribution < 1.29 is 20.4 Å². The zero-order chi connectivity index (χ0) is 17.4. The van der Waals surface area contributed by atoms with Gasteiger partial charge in [0, 0.05) is 11.1 Å². The highest BCUT2D eigenvalue weighted by Crippen LogP contribution is 2.44. The van der Waals surface area contributed by atoms with Crippen molar-refractivity contribution in [1.29, 1.82) is 0 Å². The van der Waals surface area contributed by atoms with Gasteiger partial charge in [-0.05, 0) is 30.7 Å². The van der Waals surface area contributed by atoms with E-state index in [-0.39, 0.29) is 0 Å². The number of aliphatic hydroxyl groups excluding tert-OH is 4. The van der Waals surface area contributed by atoms with Crippen LogP contribution in [0.25, 0.3) is 0 Å². The van der Waals surface area contributed by atoms with Gasteiger partial charge in [0.1, 0.15) is 24.9 Å². The third kappa shape index (κ3) is 3.10. The third-order valence-electron chi connectivity index (χ3n) is 5.44. The van der Waals surface area contributed by atoms with Gasteiger partial charge in [-0.1, -0.05) is 38.5 Å². The van der Waals surface area contributed by atoms with E-state index in [2.05, 4.69) is 19.2 Å². The molecule has 0 aliphatic carbocycles. The lowest BCUT2D eigenvalue weighted by Crippen LogP contribution is -2.57. The van der Waals surface area contributed by atoms with Crippen LogP contribution in [-0.4, -0.2) is 43.8 Å². The number of benzene rings is 1. The highest BCUT2D eigenvalue weighted by Gasteiger charge is 2.45. The van der Waals surface area contributed by atoms with Crippen LogP contribution in [-0.2, 0) is 6.42 Å². The zero-order valence-electron chi connectivity index (χ0n) is 14.3. The molecule has 0 spiro atoms. The lowest BCUT2D eigenvalue weighted by Gasteiger charge is -2.40. The molecule has 2 heterocycles. The molecule has 2 aliphatic heterocycles. The van der Waals surface area contributed by atoms with Gasteiger partial charge in [0.15, 0.2) is 0 Å². The van der Waals surface area contributed by atoms with Crippen molar-refractivity contribution in [1.82, 2.24) is 10.2 Å². The number of nitrogens with zero attached hydrogens (tertiary/aromatic N) is 1. The summed E-state index contributed by atoms with van der Waals surface area (Å²) in [4.78, 5) is 1.55. The van der Waals surface area contributed by atoms with Crippen molar-refractivity contribution in [3.05, 3.63) is 34.9 Å². The molecule has 0 aromatic heterocycles. The molecule has 1 aromatic rings. The third-order valence-corrected chi connectivity index (χ3v) is 5.44. The molecule has 0 bridgehead atoms. The SMILES string of the molecule is CCC(C)Cc1cccc2c1C(O)N(C1CCC(O)NC1O)C2O. The van der Waals surface area contributed by atoms with E-state index in [1.165, 1.54) is 0 Å². The molecule has 1 aromatic carbocycles. The van der Waals surface area contributed by atoms with Gasteiger partial charge in [0.25, 0.3) is 0 Å². The molecule has 2 aliphatic rings. The second kappa shape index (κ2) is 7.07. The minimum Gasteiger partial charge on any atom is -0.379 e. The summed E-state index contributed by atoms with van der Waals surface area (Å²) < 4.78 is 0. The molecule has 0 saturated carbocycles. The monoisotopic (exact) mass is 336 g/mol. The first-order valence-electron chi connectivity index (χ1n) is 8.81. The van der Waals surface area contributed by atoms with Crippen LogP contribution in [0.15, 0.2) is 18.2 Å². The molecule has 134 valence electrons. The van der Waals surface area contributed by atoms with Crippen molar-refractivity contribution in [3.63, 3.8) is 0 Å². The minimum atomic E-state index is -0.995. The normalized spacial score (nSPS) is 35.0. The number of nitrogens with one attached hydrogen (secondary N) is 1. The number of fused-ring (bicyclic) bond motifs is 1. The maximum absolute atomic E-state index is 10.9. The first-order valence-corrected chi connectivity index (χ1v) is 8.81. The molecule has 1 saturated heterocycles. The van der Waals surface area contributed by atoms with Gasteiger partial charge in [0.05, 0.1) is 6.04 Å². The predicted octanol–water partition coefficient (Wildman–Crippen LogP) is 0.961. The van der Waals surface area contributed by atoms with E-state index in [0.29, 0.717) is 24.3 Å². The molecule has 6 unspecified atom stereocenters. The quantitative estimate of drug-likeness (QED) is 0.562. The van der Waals surface area contributed by atoms with E-state index in [1.807, 2.05) is 18.2 Å². The molecule has 24 heavy (non-hydrogen) atoms. The fourth-order valence-corrected chi connectivity index (χ4v) is 3.87. The Morgan fingerprint density at radius 2 is 1.92 bits per heavy atom. The average Bonchev–Trinajstić information content (AvgIpc) is 2.80. The standard InChI is InChI=1S/C18H28N2O4/c1-3-10(2)9-11-5-4-6-12-15(11)18(24)20(17(12)23)13-7-8-14(21)19-16(13)22/h4-6,10,13-14,16-19,21-24H,3,7-9H2,1-2H3. The summed E-state index contributed by atoms with van der Waals surface area (Å²) in [6.07, 6.45) is -0.792. The smallest absolute Gasteiger partial charge is 0.136 e. The predicted molar refractivity (Wildman–Crippen MR) is 89.5 cm³/mol. The number of hydrogen-bond acceptors (Lipinski definition) is 6. The molecule has 3 rings (SSSR count). The Morgan fingerprint density at radius 3 is 2.58 bits per heavy atom. The molecule has 6 atom stereocenters. The zero-order valence-corrected chi connectivity index (χ0v) is 14.3. The summed E-state index contributed by atoms with van der Waals surface area (Å²) in [6, 6.07) is 5.29. The van der Waals surface area contributed by atoms with Crippen LogP contribution in [0.5, 0.6) is 0 Å². The summed E-state index contributed by atoms with van der Waals surface area (Å²) in [6.45, 7) is 4.31. The Morgan fingerprint density at radius 1 is 1.17 bits per heavy atom. The van der Waals surface area contributed by atoms with E-state index in [1.54, 1.807) is 4.90 Å². The fourth-order valence-electron chi connectivity index (χ4n) is 3.87. The van der Waals surface area contributed by atoms with Gasteiger partial charge in [-0.3, -0.25) is 5.32 Å². The number of piperidine rings is 1. The van der Waals surface area contributed by atoms with Crippen LogP contribution in [0, 0.1) is 5.92 Å². The van der Waals surface area contributed by atoms with E-state index >= 15 is 0 Å². The maximum atomic E-state index is 10.9.